The molecule has 1 saturated carbocycles. The molecule has 1 aromatic heterocycles. The van der Waals surface area contributed by atoms with E-state index in [0.29, 0.717) is 17.8 Å². The maximum absolute atomic E-state index is 13.0. The van der Waals surface area contributed by atoms with Crippen LogP contribution in [0.2, 0.25) is 0 Å². The van der Waals surface area contributed by atoms with E-state index < -0.39 is 0 Å². The van der Waals surface area contributed by atoms with Gasteiger partial charge in [-0.3, -0.25) is 9.59 Å². The molecule has 0 unspecified atom stereocenters. The summed E-state index contributed by atoms with van der Waals surface area (Å²) in [7, 11) is 0. The zero-order chi connectivity index (χ0) is 21.2. The highest BCUT2D eigenvalue weighted by Crippen LogP contribution is 2.32. The van der Waals surface area contributed by atoms with E-state index in [2.05, 4.69) is 10.6 Å². The first-order valence-electron chi connectivity index (χ1n) is 11.3. The number of nitrogens with one attached hydrogen (secondary N) is 2. The van der Waals surface area contributed by atoms with Crippen LogP contribution in [0.4, 0.5) is 5.69 Å². The Morgan fingerprint density at radius 1 is 1.06 bits per heavy atom. The molecule has 0 bridgehead atoms. The lowest BCUT2D eigenvalue weighted by atomic mass is 10.0. The van der Waals surface area contributed by atoms with Crippen molar-refractivity contribution in [2.75, 3.05) is 11.9 Å². The molecule has 2 aliphatic carbocycles. The van der Waals surface area contributed by atoms with E-state index in [-0.39, 0.29) is 17.7 Å². The van der Waals surface area contributed by atoms with E-state index in [4.69, 9.17) is 4.98 Å². The molecule has 3 aromatic rings. The van der Waals surface area contributed by atoms with Gasteiger partial charge in [-0.25, -0.2) is 4.98 Å². The van der Waals surface area contributed by atoms with Crippen LogP contribution in [-0.2, 0) is 24.1 Å². The van der Waals surface area contributed by atoms with Gasteiger partial charge in [-0.15, -0.1) is 11.3 Å². The molecule has 0 atom stereocenters. The highest BCUT2D eigenvalue weighted by atomic mass is 32.1. The summed E-state index contributed by atoms with van der Waals surface area (Å²) in [6, 6.07) is 11.7. The molecular weight excluding hydrogens is 406 g/mol. The molecule has 31 heavy (non-hydrogen) atoms. The summed E-state index contributed by atoms with van der Waals surface area (Å²) in [5.41, 5.74) is 2.42. The molecular formula is C25H27N3O2S. The molecule has 2 aromatic carbocycles. The maximum atomic E-state index is 13.0. The first kappa shape index (κ1) is 20.2. The van der Waals surface area contributed by atoms with Crippen LogP contribution in [0.15, 0.2) is 36.4 Å². The Morgan fingerprint density at radius 2 is 1.84 bits per heavy atom. The van der Waals surface area contributed by atoms with Gasteiger partial charge in [0.15, 0.2) is 0 Å². The van der Waals surface area contributed by atoms with Gasteiger partial charge in [0.05, 0.1) is 22.0 Å². The Kier molecular flexibility index (Phi) is 5.72. The molecule has 5 rings (SSSR count). The first-order valence-corrected chi connectivity index (χ1v) is 12.1. The van der Waals surface area contributed by atoms with Crippen LogP contribution in [0.3, 0.4) is 0 Å². The Labute approximate surface area is 186 Å². The zero-order valence-corrected chi connectivity index (χ0v) is 18.4. The van der Waals surface area contributed by atoms with Gasteiger partial charge < -0.3 is 10.6 Å². The summed E-state index contributed by atoms with van der Waals surface area (Å²) >= 11 is 1.84. The van der Waals surface area contributed by atoms with Gasteiger partial charge in [0, 0.05) is 23.8 Å². The van der Waals surface area contributed by atoms with Gasteiger partial charge in [-0.05, 0) is 67.9 Å². The van der Waals surface area contributed by atoms with Crippen molar-refractivity contribution in [2.45, 2.75) is 51.4 Å². The highest BCUT2D eigenvalue weighted by molar-refractivity contribution is 7.11. The average Bonchev–Trinajstić information content (AvgIpc) is 3.55. The number of aromatic nitrogens is 1. The minimum Gasteiger partial charge on any atom is -0.352 e. The lowest BCUT2D eigenvalue weighted by molar-refractivity contribution is -0.117. The number of anilines is 1. The summed E-state index contributed by atoms with van der Waals surface area (Å²) in [6.07, 6.45) is 8.41. The number of carbonyl (C=O) groups excluding carboxylic acids is 2. The van der Waals surface area contributed by atoms with E-state index in [1.165, 1.54) is 34.8 Å². The number of thiazole rings is 1. The minimum atomic E-state index is -0.143. The van der Waals surface area contributed by atoms with Crippen LogP contribution in [0.25, 0.3) is 10.8 Å². The minimum absolute atomic E-state index is 0.0112. The van der Waals surface area contributed by atoms with Crippen molar-refractivity contribution >= 4 is 39.6 Å². The fourth-order valence-electron chi connectivity index (χ4n) is 4.16. The van der Waals surface area contributed by atoms with E-state index in [1.54, 1.807) is 0 Å². The summed E-state index contributed by atoms with van der Waals surface area (Å²) < 4.78 is 0. The number of carbonyl (C=O) groups is 2. The predicted molar refractivity (Wildman–Crippen MR) is 125 cm³/mol. The zero-order valence-electron chi connectivity index (χ0n) is 17.6. The Hall–Kier alpha value is -2.73. The highest BCUT2D eigenvalue weighted by Gasteiger charge is 2.30. The molecule has 0 aliphatic heterocycles. The normalized spacial score (nSPS) is 15.5. The summed E-state index contributed by atoms with van der Waals surface area (Å²) in [4.78, 5) is 31.6. The number of amides is 2. The van der Waals surface area contributed by atoms with E-state index >= 15 is 0 Å². The van der Waals surface area contributed by atoms with E-state index in [0.717, 1.165) is 42.9 Å². The molecule has 6 heteroatoms. The number of hydrogen-bond donors (Lipinski definition) is 2. The van der Waals surface area contributed by atoms with Crippen LogP contribution in [0, 0.1) is 5.92 Å². The topological polar surface area (TPSA) is 71.1 Å². The number of rotatable bonds is 7. The quantitative estimate of drug-likeness (QED) is 0.521. The molecule has 0 spiro atoms. The fraction of sp³-hybridized carbons (Fsp3) is 0.400. The van der Waals surface area contributed by atoms with Crippen LogP contribution in [0.5, 0.6) is 0 Å². The molecule has 2 N–H and O–H groups in total. The van der Waals surface area contributed by atoms with Crippen LogP contribution in [0.1, 0.15) is 58.0 Å². The number of benzene rings is 2. The maximum Gasteiger partial charge on any atom is 0.253 e. The average molecular weight is 434 g/mol. The second-order valence-electron chi connectivity index (χ2n) is 8.55. The molecule has 1 heterocycles. The predicted octanol–water partition coefficient (Wildman–Crippen LogP) is 4.89. The largest absolute Gasteiger partial charge is 0.352 e. The number of fused-ring (bicyclic) bond motifs is 2. The summed E-state index contributed by atoms with van der Waals surface area (Å²) in [6.45, 7) is 0.589. The molecule has 0 radical (unpaired) electrons. The third-order valence-electron chi connectivity index (χ3n) is 6.08. The van der Waals surface area contributed by atoms with Gasteiger partial charge >= 0.3 is 0 Å². The summed E-state index contributed by atoms with van der Waals surface area (Å²) in [5.74, 6) is -0.0427. The van der Waals surface area contributed by atoms with Crippen molar-refractivity contribution in [2.24, 2.45) is 5.92 Å². The van der Waals surface area contributed by atoms with Crippen molar-refractivity contribution in [1.29, 1.82) is 0 Å². The van der Waals surface area contributed by atoms with Gasteiger partial charge in [0.1, 0.15) is 0 Å². The second-order valence-corrected chi connectivity index (χ2v) is 9.72. The van der Waals surface area contributed by atoms with E-state index in [9.17, 15) is 9.59 Å². The van der Waals surface area contributed by atoms with Crippen molar-refractivity contribution in [1.82, 2.24) is 10.3 Å². The third-order valence-corrected chi connectivity index (χ3v) is 7.30. The standard InChI is InChI=1S/C25H27N3O2S/c29-24(16-11-12-16)28-21-15-18-7-2-1-6-17(18)14-19(21)25(30)26-13-5-10-23-27-20-8-3-4-9-22(20)31-23/h1-2,6-7,14-16H,3-5,8-13H2,(H,26,30)(H,28,29). The SMILES string of the molecule is O=C(NCCCc1nc2c(s1)CCCC2)c1cc2ccccc2cc1NC(=O)C1CC1. The van der Waals surface area contributed by atoms with Gasteiger partial charge in [-0.1, -0.05) is 24.3 Å². The monoisotopic (exact) mass is 433 g/mol. The first-order chi connectivity index (χ1) is 15.2. The smallest absolute Gasteiger partial charge is 0.253 e. The molecule has 0 saturated heterocycles. The van der Waals surface area contributed by atoms with Crippen molar-refractivity contribution in [3.8, 4) is 0 Å². The lowest BCUT2D eigenvalue weighted by Gasteiger charge is -2.13. The van der Waals surface area contributed by atoms with Crippen LogP contribution >= 0.6 is 11.3 Å². The molecule has 160 valence electrons. The third kappa shape index (κ3) is 4.64. The van der Waals surface area contributed by atoms with Crippen LogP contribution in [-0.4, -0.2) is 23.3 Å². The lowest BCUT2D eigenvalue weighted by Crippen LogP contribution is -2.26. The number of hydrogen-bond acceptors (Lipinski definition) is 4. The fourth-order valence-corrected chi connectivity index (χ4v) is 5.36. The Balaban J connectivity index is 1.24. The molecule has 2 amide bonds. The number of nitrogens with zero attached hydrogens (tertiary/aromatic N) is 1. The Morgan fingerprint density at radius 3 is 2.61 bits per heavy atom. The van der Waals surface area contributed by atoms with Crippen molar-refractivity contribution in [3.05, 3.63) is 57.5 Å². The van der Waals surface area contributed by atoms with E-state index in [1.807, 2.05) is 47.7 Å². The molecule has 5 nitrogen and oxygen atoms in total. The van der Waals surface area contributed by atoms with Gasteiger partial charge in [0.2, 0.25) is 5.91 Å². The van der Waals surface area contributed by atoms with Gasteiger partial charge in [0.25, 0.3) is 5.91 Å². The summed E-state index contributed by atoms with van der Waals surface area (Å²) in [5, 5.41) is 9.21. The number of aryl methyl sites for hydroxylation is 3. The molecule has 2 aliphatic rings. The molecule has 1 fully saturated rings. The second kappa shape index (κ2) is 8.79. The van der Waals surface area contributed by atoms with Gasteiger partial charge in [-0.2, -0.15) is 0 Å². The van der Waals surface area contributed by atoms with Crippen LogP contribution < -0.4 is 10.6 Å². The van der Waals surface area contributed by atoms with Crippen molar-refractivity contribution < 1.29 is 9.59 Å². The Bertz CT molecular complexity index is 1110. The van der Waals surface area contributed by atoms with Crippen molar-refractivity contribution in [3.63, 3.8) is 0 Å².